The largest absolute Gasteiger partial charge is 0.417 e. The standard InChI is InChI=1S/C16H14F3N3O4/c1-26-9-8-21(14-7-4-12(10-20-14)16(17,18)19)15(23)11-2-5-13(6-3-11)22(24)25/h2-7,10H,8-9H2,1H3. The van der Waals surface area contributed by atoms with Crippen molar-refractivity contribution < 1.29 is 27.6 Å². The fourth-order valence-electron chi connectivity index (χ4n) is 2.10. The third-order valence-electron chi connectivity index (χ3n) is 3.44. The molecule has 1 amide bonds. The molecule has 0 aliphatic rings. The number of benzene rings is 1. The maximum Gasteiger partial charge on any atom is 0.417 e. The molecule has 0 bridgehead atoms. The number of nitro groups is 1. The van der Waals surface area contributed by atoms with Gasteiger partial charge in [0.2, 0.25) is 0 Å². The van der Waals surface area contributed by atoms with E-state index < -0.39 is 22.6 Å². The van der Waals surface area contributed by atoms with Crippen LogP contribution in [0.25, 0.3) is 0 Å². The van der Waals surface area contributed by atoms with Gasteiger partial charge in [-0.2, -0.15) is 13.2 Å². The Labute approximate surface area is 146 Å². The molecule has 1 aromatic heterocycles. The van der Waals surface area contributed by atoms with Gasteiger partial charge >= 0.3 is 6.18 Å². The number of carbonyl (C=O) groups is 1. The Kier molecular flexibility index (Phi) is 5.88. The third-order valence-corrected chi connectivity index (χ3v) is 3.44. The Balaban J connectivity index is 2.31. The van der Waals surface area contributed by atoms with Gasteiger partial charge < -0.3 is 4.74 Å². The van der Waals surface area contributed by atoms with Gasteiger partial charge in [0.05, 0.1) is 23.6 Å². The van der Waals surface area contributed by atoms with Crippen molar-refractivity contribution in [3.63, 3.8) is 0 Å². The van der Waals surface area contributed by atoms with E-state index in [9.17, 15) is 28.1 Å². The number of non-ortho nitro benzene ring substituents is 1. The average Bonchev–Trinajstić information content (AvgIpc) is 2.61. The molecule has 2 rings (SSSR count). The molecule has 2 aromatic rings. The van der Waals surface area contributed by atoms with Gasteiger partial charge in [-0.05, 0) is 24.3 Å². The molecule has 10 heteroatoms. The lowest BCUT2D eigenvalue weighted by atomic mass is 10.1. The van der Waals surface area contributed by atoms with Gasteiger partial charge in [-0.15, -0.1) is 0 Å². The number of anilines is 1. The van der Waals surface area contributed by atoms with Crippen LogP contribution in [0, 0.1) is 10.1 Å². The van der Waals surface area contributed by atoms with E-state index in [4.69, 9.17) is 4.74 Å². The maximum atomic E-state index is 12.7. The number of nitrogens with zero attached hydrogens (tertiary/aromatic N) is 3. The number of rotatable bonds is 6. The van der Waals surface area contributed by atoms with Crippen molar-refractivity contribution in [2.45, 2.75) is 6.18 Å². The molecule has 1 heterocycles. The molecule has 26 heavy (non-hydrogen) atoms. The second kappa shape index (κ2) is 7.91. The van der Waals surface area contributed by atoms with Crippen LogP contribution in [0.1, 0.15) is 15.9 Å². The summed E-state index contributed by atoms with van der Waals surface area (Å²) in [5.41, 5.74) is -0.984. The second-order valence-corrected chi connectivity index (χ2v) is 5.16. The molecule has 0 N–H and O–H groups in total. The molecular weight excluding hydrogens is 355 g/mol. The van der Waals surface area contributed by atoms with Crippen molar-refractivity contribution in [1.29, 1.82) is 0 Å². The fourth-order valence-corrected chi connectivity index (χ4v) is 2.10. The van der Waals surface area contributed by atoms with Gasteiger partial charge in [-0.1, -0.05) is 0 Å². The number of hydrogen-bond acceptors (Lipinski definition) is 5. The Morgan fingerprint density at radius 1 is 1.23 bits per heavy atom. The zero-order chi connectivity index (χ0) is 19.3. The summed E-state index contributed by atoms with van der Waals surface area (Å²) in [6.07, 6.45) is -3.90. The van der Waals surface area contributed by atoms with E-state index >= 15 is 0 Å². The molecule has 0 unspecified atom stereocenters. The summed E-state index contributed by atoms with van der Waals surface area (Å²) in [6.45, 7) is 0.173. The molecule has 0 aliphatic heterocycles. The molecule has 0 saturated heterocycles. The zero-order valence-corrected chi connectivity index (χ0v) is 13.6. The molecule has 1 aromatic carbocycles. The van der Waals surface area contributed by atoms with Crippen LogP contribution in [0.15, 0.2) is 42.6 Å². The minimum Gasteiger partial charge on any atom is -0.383 e. The van der Waals surface area contributed by atoms with Crippen LogP contribution >= 0.6 is 0 Å². The third kappa shape index (κ3) is 4.54. The van der Waals surface area contributed by atoms with Crippen LogP contribution < -0.4 is 4.90 Å². The van der Waals surface area contributed by atoms with E-state index in [2.05, 4.69) is 4.98 Å². The van der Waals surface area contributed by atoms with Crippen molar-refractivity contribution in [2.75, 3.05) is 25.2 Å². The van der Waals surface area contributed by atoms with Crippen LogP contribution in [0.5, 0.6) is 0 Å². The van der Waals surface area contributed by atoms with Gasteiger partial charge in [0.25, 0.3) is 11.6 Å². The van der Waals surface area contributed by atoms with Crippen molar-refractivity contribution in [3.05, 3.63) is 63.8 Å². The minimum absolute atomic E-state index is 0.0124. The molecule has 0 aliphatic carbocycles. The highest BCUT2D eigenvalue weighted by atomic mass is 19.4. The number of nitro benzene ring substituents is 1. The minimum atomic E-state index is -4.54. The van der Waals surface area contributed by atoms with Gasteiger partial charge in [0.15, 0.2) is 0 Å². The predicted molar refractivity (Wildman–Crippen MR) is 85.9 cm³/mol. The fraction of sp³-hybridized carbons (Fsp3) is 0.250. The number of carbonyl (C=O) groups excluding carboxylic acids is 1. The van der Waals surface area contributed by atoms with Crippen LogP contribution in [0.2, 0.25) is 0 Å². The van der Waals surface area contributed by atoms with Gasteiger partial charge in [0.1, 0.15) is 5.82 Å². The molecule has 7 nitrogen and oxygen atoms in total. The van der Waals surface area contributed by atoms with Crippen LogP contribution in [-0.2, 0) is 10.9 Å². The Morgan fingerprint density at radius 2 is 1.88 bits per heavy atom. The zero-order valence-electron chi connectivity index (χ0n) is 13.6. The molecule has 0 radical (unpaired) electrons. The van der Waals surface area contributed by atoms with E-state index in [1.165, 1.54) is 31.4 Å². The highest BCUT2D eigenvalue weighted by Crippen LogP contribution is 2.29. The van der Waals surface area contributed by atoms with Gasteiger partial charge in [0, 0.05) is 31.0 Å². The molecule has 0 saturated carbocycles. The lowest BCUT2D eigenvalue weighted by Crippen LogP contribution is -2.34. The van der Waals surface area contributed by atoms with E-state index in [0.717, 1.165) is 17.0 Å². The van der Waals surface area contributed by atoms with Crippen LogP contribution in [-0.4, -0.2) is 36.1 Å². The number of hydrogen-bond donors (Lipinski definition) is 0. The van der Waals surface area contributed by atoms with E-state index in [0.29, 0.717) is 6.20 Å². The Hall–Kier alpha value is -3.01. The predicted octanol–water partition coefficient (Wildman–Crippen LogP) is 3.30. The number of aromatic nitrogens is 1. The first-order chi connectivity index (χ1) is 12.2. The first-order valence-electron chi connectivity index (χ1n) is 7.32. The lowest BCUT2D eigenvalue weighted by Gasteiger charge is -2.22. The lowest BCUT2D eigenvalue weighted by molar-refractivity contribution is -0.384. The van der Waals surface area contributed by atoms with Crippen molar-refractivity contribution in [2.24, 2.45) is 0 Å². The number of alkyl halides is 3. The molecule has 0 spiro atoms. The Morgan fingerprint density at radius 3 is 2.35 bits per heavy atom. The second-order valence-electron chi connectivity index (χ2n) is 5.16. The maximum absolute atomic E-state index is 12.7. The topological polar surface area (TPSA) is 85.6 Å². The number of amides is 1. The summed E-state index contributed by atoms with van der Waals surface area (Å²) < 4.78 is 42.9. The van der Waals surface area contributed by atoms with Crippen molar-refractivity contribution in [1.82, 2.24) is 4.98 Å². The van der Waals surface area contributed by atoms with Crippen LogP contribution in [0.4, 0.5) is 24.7 Å². The summed E-state index contributed by atoms with van der Waals surface area (Å²) in [5, 5.41) is 10.7. The number of pyridine rings is 1. The SMILES string of the molecule is COCCN(C(=O)c1ccc([N+](=O)[O-])cc1)c1ccc(C(F)(F)F)cn1. The van der Waals surface area contributed by atoms with E-state index in [1.54, 1.807) is 0 Å². The quantitative estimate of drug-likeness (QED) is 0.576. The van der Waals surface area contributed by atoms with Crippen LogP contribution in [0.3, 0.4) is 0 Å². The number of halogens is 3. The number of ether oxygens (including phenoxy) is 1. The summed E-state index contributed by atoms with van der Waals surface area (Å²) in [5.74, 6) is -0.553. The molecular formula is C16H14F3N3O4. The molecule has 0 atom stereocenters. The van der Waals surface area contributed by atoms with Crippen molar-refractivity contribution in [3.8, 4) is 0 Å². The molecule has 138 valence electrons. The molecule has 0 fully saturated rings. The first kappa shape index (κ1) is 19.3. The monoisotopic (exact) mass is 369 g/mol. The number of methoxy groups -OCH3 is 1. The summed E-state index contributed by atoms with van der Waals surface area (Å²) in [6, 6.07) is 6.78. The van der Waals surface area contributed by atoms with Crippen molar-refractivity contribution >= 4 is 17.4 Å². The highest BCUT2D eigenvalue weighted by Gasteiger charge is 2.31. The normalized spacial score (nSPS) is 11.2. The summed E-state index contributed by atoms with van der Waals surface area (Å²) in [4.78, 5) is 27.6. The van der Waals surface area contributed by atoms with Gasteiger partial charge in [-0.25, -0.2) is 4.98 Å². The Bertz CT molecular complexity index is 777. The highest BCUT2D eigenvalue weighted by molar-refractivity contribution is 6.05. The average molecular weight is 369 g/mol. The first-order valence-corrected chi connectivity index (χ1v) is 7.32. The smallest absolute Gasteiger partial charge is 0.383 e. The van der Waals surface area contributed by atoms with Gasteiger partial charge in [-0.3, -0.25) is 19.8 Å². The van der Waals surface area contributed by atoms with E-state index in [-0.39, 0.29) is 30.2 Å². The summed E-state index contributed by atoms with van der Waals surface area (Å²) in [7, 11) is 1.41. The summed E-state index contributed by atoms with van der Waals surface area (Å²) >= 11 is 0. The van der Waals surface area contributed by atoms with E-state index in [1.807, 2.05) is 0 Å².